The van der Waals surface area contributed by atoms with E-state index >= 15 is 0 Å². The normalized spacial score (nSPS) is 10.4. The van der Waals surface area contributed by atoms with Crippen LogP contribution in [-0.4, -0.2) is 0 Å². The lowest BCUT2D eigenvalue weighted by molar-refractivity contribution is 0.613. The van der Waals surface area contributed by atoms with Gasteiger partial charge in [0.25, 0.3) is 0 Å². The standard InChI is InChI=1S/C36H41F/c1-3-5-7-9-11-13-30-15-17-31(18-16-30)19-20-32-21-23-33(24-22-32)25-27-35-28-26-34(29-36(35)37)14-12-10-8-6-4-2/h15-18,21-24,26,28-29H,3-14H2,1-2H3. The Bertz CT molecular complexity index is 1190. The Labute approximate surface area is 224 Å². The Kier molecular flexibility index (Phi) is 12.6. The molecule has 0 saturated heterocycles. The van der Waals surface area contributed by atoms with E-state index in [1.165, 1.54) is 63.4 Å². The highest BCUT2D eigenvalue weighted by Gasteiger charge is 2.02. The fourth-order valence-corrected chi connectivity index (χ4v) is 4.36. The highest BCUT2D eigenvalue weighted by atomic mass is 19.1. The van der Waals surface area contributed by atoms with E-state index in [1.54, 1.807) is 12.1 Å². The van der Waals surface area contributed by atoms with Crippen LogP contribution in [0.15, 0.2) is 66.7 Å². The summed E-state index contributed by atoms with van der Waals surface area (Å²) < 4.78 is 14.5. The zero-order valence-corrected chi connectivity index (χ0v) is 22.7. The largest absolute Gasteiger partial charge is 0.206 e. The molecule has 0 aliphatic carbocycles. The van der Waals surface area contributed by atoms with Crippen LogP contribution in [0.25, 0.3) is 0 Å². The first-order chi connectivity index (χ1) is 18.2. The SMILES string of the molecule is CCCCCCCc1ccc(C#Cc2ccc(C#Cc3ccc(CCCCCCC)cc3F)cc2)cc1. The van der Waals surface area contributed by atoms with Crippen molar-refractivity contribution < 1.29 is 4.39 Å². The molecular weight excluding hydrogens is 451 g/mol. The topological polar surface area (TPSA) is 0 Å². The second-order valence-corrected chi connectivity index (χ2v) is 9.92. The second-order valence-electron chi connectivity index (χ2n) is 9.92. The zero-order chi connectivity index (χ0) is 26.1. The highest BCUT2D eigenvalue weighted by molar-refractivity contribution is 5.48. The minimum atomic E-state index is -0.233. The Morgan fingerprint density at radius 1 is 0.486 bits per heavy atom. The van der Waals surface area contributed by atoms with Crippen molar-refractivity contribution in [2.24, 2.45) is 0 Å². The summed E-state index contributed by atoms with van der Waals surface area (Å²) in [5.41, 5.74) is 5.72. The zero-order valence-electron chi connectivity index (χ0n) is 22.7. The maximum atomic E-state index is 14.5. The van der Waals surface area contributed by atoms with Crippen LogP contribution >= 0.6 is 0 Å². The molecule has 0 aliphatic rings. The predicted octanol–water partition coefficient (Wildman–Crippen LogP) is 9.65. The summed E-state index contributed by atoms with van der Waals surface area (Å²) in [7, 11) is 0. The Morgan fingerprint density at radius 3 is 1.43 bits per heavy atom. The van der Waals surface area contributed by atoms with E-state index in [0.29, 0.717) is 5.56 Å². The molecular formula is C36H41F. The van der Waals surface area contributed by atoms with Crippen LogP contribution in [0.4, 0.5) is 4.39 Å². The first-order valence-electron chi connectivity index (χ1n) is 14.2. The average molecular weight is 493 g/mol. The van der Waals surface area contributed by atoms with Crippen LogP contribution in [0.2, 0.25) is 0 Å². The Balaban J connectivity index is 1.50. The van der Waals surface area contributed by atoms with Gasteiger partial charge in [-0.05, 0) is 85.3 Å². The number of halogens is 1. The maximum absolute atomic E-state index is 14.5. The van der Waals surface area contributed by atoms with Crippen molar-refractivity contribution in [1.82, 2.24) is 0 Å². The third-order valence-electron chi connectivity index (χ3n) is 6.70. The monoisotopic (exact) mass is 492 g/mol. The molecule has 192 valence electrons. The first-order valence-corrected chi connectivity index (χ1v) is 14.2. The molecule has 0 aliphatic heterocycles. The number of hydrogen-bond donors (Lipinski definition) is 0. The molecule has 0 N–H and O–H groups in total. The van der Waals surface area contributed by atoms with E-state index in [2.05, 4.69) is 61.8 Å². The van der Waals surface area contributed by atoms with Crippen molar-refractivity contribution in [2.45, 2.75) is 90.9 Å². The van der Waals surface area contributed by atoms with Gasteiger partial charge < -0.3 is 0 Å². The summed E-state index contributed by atoms with van der Waals surface area (Å²) in [4.78, 5) is 0. The van der Waals surface area contributed by atoms with Gasteiger partial charge in [-0.2, -0.15) is 0 Å². The van der Waals surface area contributed by atoms with E-state index in [1.807, 2.05) is 30.3 Å². The van der Waals surface area contributed by atoms with Crippen LogP contribution in [-0.2, 0) is 12.8 Å². The Hall–Kier alpha value is -3.29. The molecule has 0 saturated carbocycles. The third-order valence-corrected chi connectivity index (χ3v) is 6.70. The number of rotatable bonds is 12. The lowest BCUT2D eigenvalue weighted by atomic mass is 10.0. The molecule has 0 radical (unpaired) electrons. The van der Waals surface area contributed by atoms with Crippen molar-refractivity contribution in [3.63, 3.8) is 0 Å². The van der Waals surface area contributed by atoms with Crippen LogP contribution in [0.1, 0.15) is 111 Å². The minimum Gasteiger partial charge on any atom is -0.206 e. The predicted molar refractivity (Wildman–Crippen MR) is 156 cm³/mol. The molecule has 0 nitrogen and oxygen atoms in total. The maximum Gasteiger partial charge on any atom is 0.139 e. The van der Waals surface area contributed by atoms with E-state index in [9.17, 15) is 4.39 Å². The summed E-state index contributed by atoms with van der Waals surface area (Å²) in [6.07, 6.45) is 14.7. The smallest absolute Gasteiger partial charge is 0.139 e. The summed E-state index contributed by atoms with van der Waals surface area (Å²) in [5, 5.41) is 0. The first kappa shape index (κ1) is 28.3. The fraction of sp³-hybridized carbons (Fsp3) is 0.389. The fourth-order valence-electron chi connectivity index (χ4n) is 4.36. The average Bonchev–Trinajstić information content (AvgIpc) is 2.92. The number of hydrogen-bond acceptors (Lipinski definition) is 0. The van der Waals surface area contributed by atoms with Crippen molar-refractivity contribution >= 4 is 0 Å². The van der Waals surface area contributed by atoms with Crippen molar-refractivity contribution in [3.8, 4) is 23.7 Å². The molecule has 37 heavy (non-hydrogen) atoms. The van der Waals surface area contributed by atoms with E-state index in [0.717, 1.165) is 41.5 Å². The third kappa shape index (κ3) is 10.7. The van der Waals surface area contributed by atoms with Gasteiger partial charge in [0, 0.05) is 16.7 Å². The van der Waals surface area contributed by atoms with Crippen LogP contribution in [0.3, 0.4) is 0 Å². The van der Waals surface area contributed by atoms with Gasteiger partial charge in [-0.1, -0.05) is 107 Å². The number of unbranched alkanes of at least 4 members (excludes halogenated alkanes) is 8. The lowest BCUT2D eigenvalue weighted by Gasteiger charge is -2.03. The molecule has 0 atom stereocenters. The van der Waals surface area contributed by atoms with Crippen molar-refractivity contribution in [1.29, 1.82) is 0 Å². The number of aryl methyl sites for hydroxylation is 2. The molecule has 1 heteroatoms. The molecule has 0 amide bonds. The van der Waals surface area contributed by atoms with E-state index in [-0.39, 0.29) is 5.82 Å². The molecule has 0 fully saturated rings. The quantitative estimate of drug-likeness (QED) is 0.174. The van der Waals surface area contributed by atoms with Gasteiger partial charge in [0.15, 0.2) is 0 Å². The summed E-state index contributed by atoms with van der Waals surface area (Å²) in [6.45, 7) is 4.47. The van der Waals surface area contributed by atoms with Crippen molar-refractivity contribution in [3.05, 3.63) is 106 Å². The van der Waals surface area contributed by atoms with E-state index < -0.39 is 0 Å². The highest BCUT2D eigenvalue weighted by Crippen LogP contribution is 2.14. The van der Waals surface area contributed by atoms with Gasteiger partial charge in [0.2, 0.25) is 0 Å². The van der Waals surface area contributed by atoms with Gasteiger partial charge in [0.05, 0.1) is 5.56 Å². The minimum absolute atomic E-state index is 0.233. The van der Waals surface area contributed by atoms with Gasteiger partial charge in [-0.25, -0.2) is 4.39 Å². The van der Waals surface area contributed by atoms with Crippen LogP contribution in [0.5, 0.6) is 0 Å². The summed E-state index contributed by atoms with van der Waals surface area (Å²) in [5.74, 6) is 12.3. The molecule has 3 rings (SSSR count). The van der Waals surface area contributed by atoms with Gasteiger partial charge in [-0.3, -0.25) is 0 Å². The summed E-state index contributed by atoms with van der Waals surface area (Å²) >= 11 is 0. The molecule has 0 bridgehead atoms. The number of benzene rings is 3. The molecule has 0 aromatic heterocycles. The van der Waals surface area contributed by atoms with Gasteiger partial charge in [0.1, 0.15) is 5.82 Å². The lowest BCUT2D eigenvalue weighted by Crippen LogP contribution is -1.91. The molecule has 3 aromatic carbocycles. The molecule has 3 aromatic rings. The van der Waals surface area contributed by atoms with Crippen LogP contribution in [0, 0.1) is 29.5 Å². The van der Waals surface area contributed by atoms with Gasteiger partial charge >= 0.3 is 0 Å². The molecule has 0 heterocycles. The van der Waals surface area contributed by atoms with Gasteiger partial charge in [-0.15, -0.1) is 0 Å². The van der Waals surface area contributed by atoms with Crippen LogP contribution < -0.4 is 0 Å². The Morgan fingerprint density at radius 2 is 0.919 bits per heavy atom. The molecule has 0 spiro atoms. The second kappa shape index (κ2) is 16.5. The van der Waals surface area contributed by atoms with Crippen molar-refractivity contribution in [2.75, 3.05) is 0 Å². The summed E-state index contributed by atoms with van der Waals surface area (Å²) in [6, 6.07) is 21.9. The van der Waals surface area contributed by atoms with E-state index in [4.69, 9.17) is 0 Å². The molecule has 0 unspecified atom stereocenters.